The van der Waals surface area contributed by atoms with Gasteiger partial charge >= 0.3 is 0 Å². The first kappa shape index (κ1) is 14.5. The molecule has 19 heavy (non-hydrogen) atoms. The predicted octanol–water partition coefficient (Wildman–Crippen LogP) is 2.44. The molecule has 0 spiro atoms. The quantitative estimate of drug-likeness (QED) is 0.850. The van der Waals surface area contributed by atoms with Crippen molar-refractivity contribution in [1.29, 1.82) is 0 Å². The van der Waals surface area contributed by atoms with Crippen LogP contribution in [0.25, 0.3) is 0 Å². The lowest BCUT2D eigenvalue weighted by Crippen LogP contribution is -2.27. The van der Waals surface area contributed by atoms with E-state index in [1.165, 1.54) is 21.8 Å². The third-order valence-electron chi connectivity index (χ3n) is 2.73. The molecule has 0 aliphatic rings. The number of sulfonamides is 1. The number of hydrogen-bond donors (Lipinski definition) is 0. The lowest BCUT2D eigenvalue weighted by molar-refractivity contribution is 0.448. The van der Waals surface area contributed by atoms with Crippen LogP contribution in [0.15, 0.2) is 27.9 Å². The normalized spacial score (nSPS) is 12.2. The number of aromatic nitrogens is 2. The van der Waals surface area contributed by atoms with E-state index in [0.717, 1.165) is 0 Å². The smallest absolute Gasteiger partial charge is 0.252 e. The van der Waals surface area contributed by atoms with E-state index in [9.17, 15) is 8.42 Å². The van der Waals surface area contributed by atoms with E-state index in [-0.39, 0.29) is 6.54 Å². The minimum atomic E-state index is -3.46. The third-order valence-corrected chi connectivity index (χ3v) is 6.22. The highest BCUT2D eigenvalue weighted by Crippen LogP contribution is 2.23. The van der Waals surface area contributed by atoms with Gasteiger partial charge in [0.1, 0.15) is 4.21 Å². The maximum absolute atomic E-state index is 12.3. The van der Waals surface area contributed by atoms with Gasteiger partial charge in [0, 0.05) is 13.6 Å². The minimum Gasteiger partial charge on any atom is -0.267 e. The minimum absolute atomic E-state index is 0.201. The Kier molecular flexibility index (Phi) is 4.29. The number of halogens is 1. The zero-order valence-electron chi connectivity index (χ0n) is 10.6. The fourth-order valence-corrected chi connectivity index (χ4v) is 4.21. The van der Waals surface area contributed by atoms with Crippen LogP contribution in [0.4, 0.5) is 0 Å². The Morgan fingerprint density at radius 3 is 2.84 bits per heavy atom. The predicted molar refractivity (Wildman–Crippen MR) is 75.9 cm³/mol. The van der Waals surface area contributed by atoms with Crippen molar-refractivity contribution in [3.05, 3.63) is 34.4 Å². The van der Waals surface area contributed by atoms with Gasteiger partial charge in [-0.25, -0.2) is 8.42 Å². The van der Waals surface area contributed by atoms with Crippen molar-refractivity contribution < 1.29 is 8.42 Å². The van der Waals surface area contributed by atoms with Crippen LogP contribution in [-0.4, -0.2) is 29.6 Å². The maximum Gasteiger partial charge on any atom is 0.252 e. The monoisotopic (exact) mass is 319 g/mol. The second kappa shape index (κ2) is 5.62. The van der Waals surface area contributed by atoms with Crippen molar-refractivity contribution in [2.45, 2.75) is 24.2 Å². The molecule has 0 unspecified atom stereocenters. The Labute approximate surface area is 121 Å². The molecule has 0 saturated heterocycles. The average molecular weight is 320 g/mol. The summed E-state index contributed by atoms with van der Waals surface area (Å²) in [5.41, 5.74) is 0.701. The highest BCUT2D eigenvalue weighted by molar-refractivity contribution is 7.91. The first-order valence-electron chi connectivity index (χ1n) is 5.66. The molecular weight excluding hydrogens is 306 g/mol. The van der Waals surface area contributed by atoms with Crippen molar-refractivity contribution >= 4 is 33.0 Å². The molecule has 2 aromatic heterocycles. The third kappa shape index (κ3) is 2.84. The summed E-state index contributed by atoms with van der Waals surface area (Å²) in [6.07, 6.45) is 1.53. The summed E-state index contributed by atoms with van der Waals surface area (Å²) < 4.78 is 27.9. The van der Waals surface area contributed by atoms with Crippen LogP contribution in [-0.2, 0) is 23.1 Å². The van der Waals surface area contributed by atoms with Crippen molar-refractivity contribution in [1.82, 2.24) is 14.1 Å². The summed E-state index contributed by atoms with van der Waals surface area (Å²) in [6.45, 7) is 2.78. The molecule has 0 saturated carbocycles. The van der Waals surface area contributed by atoms with Crippen LogP contribution in [0.2, 0.25) is 5.02 Å². The lowest BCUT2D eigenvalue weighted by atomic mass is 10.4. The van der Waals surface area contributed by atoms with Crippen LogP contribution in [0.3, 0.4) is 0 Å². The van der Waals surface area contributed by atoms with Gasteiger partial charge in [0.15, 0.2) is 0 Å². The van der Waals surface area contributed by atoms with Gasteiger partial charge in [-0.1, -0.05) is 17.7 Å². The van der Waals surface area contributed by atoms with Crippen LogP contribution in [0.1, 0.15) is 12.6 Å². The lowest BCUT2D eigenvalue weighted by Gasteiger charge is -2.16. The summed E-state index contributed by atoms with van der Waals surface area (Å²) >= 11 is 7.24. The maximum atomic E-state index is 12.3. The molecule has 0 aromatic carbocycles. The van der Waals surface area contributed by atoms with E-state index < -0.39 is 10.0 Å². The van der Waals surface area contributed by atoms with Crippen LogP contribution in [0.5, 0.6) is 0 Å². The van der Waals surface area contributed by atoms with Gasteiger partial charge in [-0.05, 0) is 18.4 Å². The first-order valence-corrected chi connectivity index (χ1v) is 8.36. The molecule has 104 valence electrons. The molecule has 0 bridgehead atoms. The summed E-state index contributed by atoms with van der Waals surface area (Å²) in [4.78, 5) is 0. The number of aryl methyl sites for hydroxylation is 1. The van der Waals surface area contributed by atoms with E-state index in [1.807, 2.05) is 6.92 Å². The number of rotatable bonds is 5. The van der Waals surface area contributed by atoms with E-state index in [0.29, 0.717) is 21.5 Å². The Balaban J connectivity index is 2.26. The molecular formula is C11H14ClN3O2S2. The number of thiophene rings is 1. The molecule has 2 heterocycles. The van der Waals surface area contributed by atoms with Crippen molar-refractivity contribution in [2.75, 3.05) is 7.05 Å². The fourth-order valence-electron chi connectivity index (χ4n) is 1.68. The van der Waals surface area contributed by atoms with Gasteiger partial charge in [-0.2, -0.15) is 9.40 Å². The Morgan fingerprint density at radius 2 is 2.26 bits per heavy atom. The zero-order valence-corrected chi connectivity index (χ0v) is 13.0. The van der Waals surface area contributed by atoms with Gasteiger partial charge < -0.3 is 0 Å². The van der Waals surface area contributed by atoms with Gasteiger partial charge in [0.05, 0.1) is 23.5 Å². The Hall–Kier alpha value is -0.890. The van der Waals surface area contributed by atoms with Gasteiger partial charge in [0.25, 0.3) is 10.0 Å². The SMILES string of the molecule is CCn1ncc(Cl)c1CN(C)S(=O)(=O)c1cccs1. The van der Waals surface area contributed by atoms with Gasteiger partial charge in [-0.3, -0.25) is 4.68 Å². The molecule has 2 rings (SSSR count). The van der Waals surface area contributed by atoms with Crippen LogP contribution < -0.4 is 0 Å². The molecule has 0 aliphatic heterocycles. The molecule has 0 atom stereocenters. The molecule has 0 amide bonds. The van der Waals surface area contributed by atoms with E-state index >= 15 is 0 Å². The first-order chi connectivity index (χ1) is 8.96. The fraction of sp³-hybridized carbons (Fsp3) is 0.364. The molecule has 2 aromatic rings. The van der Waals surface area contributed by atoms with Crippen LogP contribution >= 0.6 is 22.9 Å². The van der Waals surface area contributed by atoms with Crippen molar-refractivity contribution in [2.24, 2.45) is 0 Å². The largest absolute Gasteiger partial charge is 0.267 e. The highest BCUT2D eigenvalue weighted by Gasteiger charge is 2.24. The van der Waals surface area contributed by atoms with Gasteiger partial charge in [-0.15, -0.1) is 11.3 Å². The van der Waals surface area contributed by atoms with E-state index in [1.54, 1.807) is 29.2 Å². The van der Waals surface area contributed by atoms with E-state index in [4.69, 9.17) is 11.6 Å². The standard InChI is InChI=1S/C11H14ClN3O2S2/c1-3-15-10(9(12)7-13-15)8-14(2)19(16,17)11-5-4-6-18-11/h4-7H,3,8H2,1-2H3. The van der Waals surface area contributed by atoms with Crippen LogP contribution in [0, 0.1) is 0 Å². The second-order valence-corrected chi connectivity index (χ2v) is 7.57. The molecule has 0 aliphatic carbocycles. The highest BCUT2D eigenvalue weighted by atomic mass is 35.5. The molecule has 5 nitrogen and oxygen atoms in total. The zero-order chi connectivity index (χ0) is 14.0. The molecule has 0 N–H and O–H groups in total. The molecule has 0 radical (unpaired) electrons. The second-order valence-electron chi connectivity index (χ2n) is 3.95. The summed E-state index contributed by atoms with van der Waals surface area (Å²) in [5.74, 6) is 0. The molecule has 0 fully saturated rings. The topological polar surface area (TPSA) is 55.2 Å². The summed E-state index contributed by atoms with van der Waals surface area (Å²) in [5, 5.41) is 6.32. The Morgan fingerprint density at radius 1 is 1.53 bits per heavy atom. The number of nitrogens with zero attached hydrogens (tertiary/aromatic N) is 3. The summed E-state index contributed by atoms with van der Waals surface area (Å²) in [6, 6.07) is 3.31. The van der Waals surface area contributed by atoms with Crippen molar-refractivity contribution in [3.8, 4) is 0 Å². The van der Waals surface area contributed by atoms with E-state index in [2.05, 4.69) is 5.10 Å². The summed E-state index contributed by atoms with van der Waals surface area (Å²) in [7, 11) is -1.92. The molecule has 8 heteroatoms. The number of hydrogen-bond acceptors (Lipinski definition) is 4. The Bertz CT molecular complexity index is 650. The average Bonchev–Trinajstić information content (AvgIpc) is 3.00. The van der Waals surface area contributed by atoms with Gasteiger partial charge in [0.2, 0.25) is 0 Å². The van der Waals surface area contributed by atoms with Crippen molar-refractivity contribution in [3.63, 3.8) is 0 Å².